The minimum atomic E-state index is 0. The van der Waals surface area contributed by atoms with E-state index in [9.17, 15) is 0 Å². The normalized spacial score (nSPS) is 25.8. The molecule has 1 saturated heterocycles. The second-order valence-electron chi connectivity index (χ2n) is 6.65. The lowest BCUT2D eigenvalue weighted by Gasteiger charge is -2.35. The van der Waals surface area contributed by atoms with Gasteiger partial charge in [-0.05, 0) is 69.4 Å². The molecule has 3 rings (SSSR count). The molecule has 0 bridgehead atoms. The Bertz CT molecular complexity index is 233. The molecular formula is C15H29ClN2. The smallest absolute Gasteiger partial charge is 0.00108 e. The molecule has 3 heteroatoms. The van der Waals surface area contributed by atoms with Crippen molar-refractivity contribution in [2.75, 3.05) is 32.7 Å². The zero-order valence-electron chi connectivity index (χ0n) is 11.6. The lowest BCUT2D eigenvalue weighted by Crippen LogP contribution is -2.40. The molecule has 1 N–H and O–H groups in total. The molecule has 1 heterocycles. The largest absolute Gasteiger partial charge is 0.317 e. The number of hydrogen-bond donors (Lipinski definition) is 1. The van der Waals surface area contributed by atoms with Crippen molar-refractivity contribution < 1.29 is 0 Å². The molecule has 0 aromatic rings. The van der Waals surface area contributed by atoms with E-state index in [1.54, 1.807) is 0 Å². The Balaban J connectivity index is 0.00000120. The highest BCUT2D eigenvalue weighted by molar-refractivity contribution is 5.85. The third kappa shape index (κ3) is 4.40. The number of piperidine rings is 1. The molecule has 3 aliphatic rings. The SMILES string of the molecule is C1CC(CN(CC2CCNCC2)CC2CC2)C1.Cl. The standard InChI is InChI=1S/C15H28N2.ClH/c1-2-13(3-1)10-17(11-14-4-5-14)12-15-6-8-16-9-7-15;/h13-16H,1-12H2;1H. The van der Waals surface area contributed by atoms with Gasteiger partial charge in [-0.25, -0.2) is 0 Å². The average Bonchev–Trinajstić information content (AvgIpc) is 3.09. The maximum atomic E-state index is 3.49. The lowest BCUT2D eigenvalue weighted by atomic mass is 9.84. The van der Waals surface area contributed by atoms with Gasteiger partial charge in [-0.15, -0.1) is 12.4 Å². The first kappa shape index (κ1) is 14.6. The van der Waals surface area contributed by atoms with Crippen LogP contribution in [0.15, 0.2) is 0 Å². The van der Waals surface area contributed by atoms with Crippen molar-refractivity contribution in [1.82, 2.24) is 10.2 Å². The number of nitrogens with one attached hydrogen (secondary N) is 1. The van der Waals surface area contributed by atoms with Gasteiger partial charge in [0.2, 0.25) is 0 Å². The highest BCUT2D eigenvalue weighted by atomic mass is 35.5. The predicted molar refractivity (Wildman–Crippen MR) is 79.3 cm³/mol. The van der Waals surface area contributed by atoms with Crippen LogP contribution in [0.25, 0.3) is 0 Å². The van der Waals surface area contributed by atoms with Crippen LogP contribution in [0.1, 0.15) is 44.9 Å². The van der Waals surface area contributed by atoms with Gasteiger partial charge in [-0.2, -0.15) is 0 Å². The highest BCUT2D eigenvalue weighted by Crippen LogP contribution is 2.33. The predicted octanol–water partition coefficient (Wildman–Crippen LogP) is 2.92. The number of rotatable bonds is 6. The quantitative estimate of drug-likeness (QED) is 0.800. The van der Waals surface area contributed by atoms with Crippen molar-refractivity contribution in [3.05, 3.63) is 0 Å². The summed E-state index contributed by atoms with van der Waals surface area (Å²) >= 11 is 0. The molecule has 0 aromatic heterocycles. The van der Waals surface area contributed by atoms with Crippen LogP contribution in [0.5, 0.6) is 0 Å². The second-order valence-corrected chi connectivity index (χ2v) is 6.65. The van der Waals surface area contributed by atoms with Gasteiger partial charge in [-0.1, -0.05) is 6.42 Å². The van der Waals surface area contributed by atoms with E-state index in [4.69, 9.17) is 0 Å². The van der Waals surface area contributed by atoms with Crippen LogP contribution < -0.4 is 5.32 Å². The maximum Gasteiger partial charge on any atom is 0.00108 e. The van der Waals surface area contributed by atoms with Crippen molar-refractivity contribution in [3.8, 4) is 0 Å². The van der Waals surface area contributed by atoms with Crippen LogP contribution in [-0.2, 0) is 0 Å². The molecule has 2 aliphatic carbocycles. The summed E-state index contributed by atoms with van der Waals surface area (Å²) < 4.78 is 0. The minimum absolute atomic E-state index is 0. The summed E-state index contributed by atoms with van der Waals surface area (Å²) in [5.41, 5.74) is 0. The Kier molecular flexibility index (Phi) is 5.78. The molecule has 106 valence electrons. The van der Waals surface area contributed by atoms with E-state index in [1.165, 1.54) is 77.7 Å². The molecule has 0 aromatic carbocycles. The summed E-state index contributed by atoms with van der Waals surface area (Å²) in [6.45, 7) is 6.74. The van der Waals surface area contributed by atoms with Crippen molar-refractivity contribution in [2.24, 2.45) is 17.8 Å². The summed E-state index contributed by atoms with van der Waals surface area (Å²) in [5.74, 6) is 3.10. The third-order valence-electron chi connectivity index (χ3n) is 4.93. The van der Waals surface area contributed by atoms with Crippen molar-refractivity contribution >= 4 is 12.4 Å². The van der Waals surface area contributed by atoms with Gasteiger partial charge in [0, 0.05) is 19.6 Å². The van der Waals surface area contributed by atoms with Crippen LogP contribution in [0.3, 0.4) is 0 Å². The Morgan fingerprint density at radius 1 is 0.722 bits per heavy atom. The van der Waals surface area contributed by atoms with Crippen LogP contribution in [0.2, 0.25) is 0 Å². The van der Waals surface area contributed by atoms with Gasteiger partial charge >= 0.3 is 0 Å². The molecule has 2 saturated carbocycles. The molecule has 0 atom stereocenters. The molecule has 1 aliphatic heterocycles. The highest BCUT2D eigenvalue weighted by Gasteiger charge is 2.28. The summed E-state index contributed by atoms with van der Waals surface area (Å²) in [7, 11) is 0. The fourth-order valence-corrected chi connectivity index (χ4v) is 3.36. The number of nitrogens with zero attached hydrogens (tertiary/aromatic N) is 1. The Labute approximate surface area is 118 Å². The fourth-order valence-electron chi connectivity index (χ4n) is 3.36. The van der Waals surface area contributed by atoms with E-state index < -0.39 is 0 Å². The summed E-state index contributed by atoms with van der Waals surface area (Å²) in [4.78, 5) is 2.83. The number of halogens is 1. The third-order valence-corrected chi connectivity index (χ3v) is 4.93. The Morgan fingerprint density at radius 2 is 1.22 bits per heavy atom. The van der Waals surface area contributed by atoms with Crippen LogP contribution in [-0.4, -0.2) is 37.6 Å². The zero-order valence-corrected chi connectivity index (χ0v) is 12.4. The Hall–Kier alpha value is 0.210. The van der Waals surface area contributed by atoms with E-state index in [-0.39, 0.29) is 12.4 Å². The topological polar surface area (TPSA) is 15.3 Å². The summed E-state index contributed by atoms with van der Waals surface area (Å²) in [6, 6.07) is 0. The minimum Gasteiger partial charge on any atom is -0.317 e. The van der Waals surface area contributed by atoms with Crippen LogP contribution in [0, 0.1) is 17.8 Å². The van der Waals surface area contributed by atoms with Gasteiger partial charge in [-0.3, -0.25) is 0 Å². The molecule has 18 heavy (non-hydrogen) atoms. The van der Waals surface area contributed by atoms with Crippen molar-refractivity contribution in [1.29, 1.82) is 0 Å². The van der Waals surface area contributed by atoms with E-state index in [0.29, 0.717) is 0 Å². The molecule has 0 unspecified atom stereocenters. The van der Waals surface area contributed by atoms with E-state index >= 15 is 0 Å². The monoisotopic (exact) mass is 272 g/mol. The van der Waals surface area contributed by atoms with Gasteiger partial charge in [0.1, 0.15) is 0 Å². The van der Waals surface area contributed by atoms with Crippen molar-refractivity contribution in [3.63, 3.8) is 0 Å². The summed E-state index contributed by atoms with van der Waals surface area (Å²) in [5, 5.41) is 3.49. The van der Waals surface area contributed by atoms with Crippen LogP contribution >= 0.6 is 12.4 Å². The van der Waals surface area contributed by atoms with Gasteiger partial charge in [0.05, 0.1) is 0 Å². The van der Waals surface area contributed by atoms with Gasteiger partial charge < -0.3 is 10.2 Å². The molecular weight excluding hydrogens is 244 g/mol. The first-order valence-electron chi connectivity index (χ1n) is 7.83. The molecule has 0 amide bonds. The zero-order chi connectivity index (χ0) is 11.5. The fraction of sp³-hybridized carbons (Fsp3) is 1.00. The van der Waals surface area contributed by atoms with Crippen LogP contribution in [0.4, 0.5) is 0 Å². The van der Waals surface area contributed by atoms with E-state index in [0.717, 1.165) is 17.8 Å². The maximum absolute atomic E-state index is 3.49. The molecule has 3 fully saturated rings. The molecule has 0 radical (unpaired) electrons. The van der Waals surface area contributed by atoms with E-state index in [2.05, 4.69) is 10.2 Å². The van der Waals surface area contributed by atoms with E-state index in [1.807, 2.05) is 0 Å². The number of hydrogen-bond acceptors (Lipinski definition) is 2. The first-order chi connectivity index (χ1) is 8.40. The molecule has 2 nitrogen and oxygen atoms in total. The molecule has 0 spiro atoms. The first-order valence-corrected chi connectivity index (χ1v) is 7.83. The van der Waals surface area contributed by atoms with Gasteiger partial charge in [0.15, 0.2) is 0 Å². The summed E-state index contributed by atoms with van der Waals surface area (Å²) in [6.07, 6.45) is 10.3. The van der Waals surface area contributed by atoms with Gasteiger partial charge in [0.25, 0.3) is 0 Å². The Morgan fingerprint density at radius 3 is 1.67 bits per heavy atom. The van der Waals surface area contributed by atoms with Crippen molar-refractivity contribution in [2.45, 2.75) is 44.9 Å². The average molecular weight is 273 g/mol. The second kappa shape index (κ2) is 7.12. The lowest BCUT2D eigenvalue weighted by molar-refractivity contribution is 0.142.